The van der Waals surface area contributed by atoms with Crippen LogP contribution in [-0.2, 0) is 17.8 Å². The number of carboxylic acids is 1. The summed E-state index contributed by atoms with van der Waals surface area (Å²) in [6, 6.07) is 16.9. The van der Waals surface area contributed by atoms with Crippen LogP contribution in [0, 0.1) is 5.82 Å². The zero-order chi connectivity index (χ0) is 18.5. The van der Waals surface area contributed by atoms with E-state index in [-0.39, 0.29) is 24.3 Å². The second-order valence-electron chi connectivity index (χ2n) is 5.87. The molecule has 1 heterocycles. The number of hydrogen-bond donors (Lipinski definition) is 0. The van der Waals surface area contributed by atoms with Crippen LogP contribution in [0.15, 0.2) is 65.5 Å². The molecule has 0 atom stereocenters. The molecule has 0 aliphatic heterocycles. The van der Waals surface area contributed by atoms with Gasteiger partial charge in [-0.3, -0.25) is 4.79 Å². The standard InChI is InChI=1S/C20H17FN2O3/c21-17-8-6-15(7-9-17)18-13-16(12-14-4-2-1-3-5-14)20(26)23(22-18)11-10-19(24)25/h1-9,13H,10-12H2,(H,24,25)/p-1. The molecule has 0 aliphatic rings. The van der Waals surface area contributed by atoms with E-state index in [1.807, 2.05) is 30.3 Å². The maximum absolute atomic E-state index is 13.2. The lowest BCUT2D eigenvalue weighted by Gasteiger charge is -2.11. The molecule has 0 saturated carbocycles. The highest BCUT2D eigenvalue weighted by Gasteiger charge is 2.11. The van der Waals surface area contributed by atoms with Gasteiger partial charge < -0.3 is 9.90 Å². The number of aliphatic carboxylic acids is 1. The third-order valence-corrected chi connectivity index (χ3v) is 3.95. The van der Waals surface area contributed by atoms with Gasteiger partial charge in [-0.25, -0.2) is 9.07 Å². The summed E-state index contributed by atoms with van der Waals surface area (Å²) in [7, 11) is 0. The van der Waals surface area contributed by atoms with E-state index >= 15 is 0 Å². The van der Waals surface area contributed by atoms with Crippen LogP contribution in [0.1, 0.15) is 17.5 Å². The second-order valence-corrected chi connectivity index (χ2v) is 5.87. The largest absolute Gasteiger partial charge is 0.550 e. The fourth-order valence-corrected chi connectivity index (χ4v) is 2.65. The van der Waals surface area contributed by atoms with Crippen molar-refractivity contribution >= 4 is 5.97 Å². The van der Waals surface area contributed by atoms with Crippen molar-refractivity contribution in [3.05, 3.63) is 88.0 Å². The Morgan fingerprint density at radius 2 is 1.77 bits per heavy atom. The van der Waals surface area contributed by atoms with Crippen molar-refractivity contribution in [2.45, 2.75) is 19.4 Å². The van der Waals surface area contributed by atoms with E-state index in [0.29, 0.717) is 23.2 Å². The van der Waals surface area contributed by atoms with E-state index in [1.165, 1.54) is 12.1 Å². The molecule has 1 aromatic heterocycles. The van der Waals surface area contributed by atoms with Gasteiger partial charge in [0, 0.05) is 29.9 Å². The number of rotatable bonds is 6. The number of halogens is 1. The van der Waals surface area contributed by atoms with Gasteiger partial charge in [0.15, 0.2) is 0 Å². The van der Waals surface area contributed by atoms with E-state index in [2.05, 4.69) is 5.10 Å². The molecule has 0 radical (unpaired) electrons. The number of carbonyl (C=O) groups is 1. The number of nitrogens with zero attached hydrogens (tertiary/aromatic N) is 2. The van der Waals surface area contributed by atoms with Gasteiger partial charge in [0.05, 0.1) is 12.2 Å². The highest BCUT2D eigenvalue weighted by molar-refractivity contribution is 5.64. The van der Waals surface area contributed by atoms with Crippen molar-refractivity contribution in [3.8, 4) is 11.3 Å². The van der Waals surface area contributed by atoms with Crippen LogP contribution >= 0.6 is 0 Å². The maximum atomic E-state index is 13.2. The molecule has 0 bridgehead atoms. The molecule has 132 valence electrons. The van der Waals surface area contributed by atoms with Crippen LogP contribution < -0.4 is 10.7 Å². The zero-order valence-corrected chi connectivity index (χ0v) is 13.9. The summed E-state index contributed by atoms with van der Waals surface area (Å²) in [5.74, 6) is -1.63. The maximum Gasteiger partial charge on any atom is 0.270 e. The van der Waals surface area contributed by atoms with Crippen LogP contribution in [-0.4, -0.2) is 15.7 Å². The number of hydrogen-bond acceptors (Lipinski definition) is 4. The van der Waals surface area contributed by atoms with Crippen molar-refractivity contribution in [3.63, 3.8) is 0 Å². The molecule has 3 rings (SSSR count). The lowest BCUT2D eigenvalue weighted by Crippen LogP contribution is -2.31. The summed E-state index contributed by atoms with van der Waals surface area (Å²) in [6.07, 6.45) is 0.0757. The van der Waals surface area contributed by atoms with E-state index in [0.717, 1.165) is 10.2 Å². The molecule has 0 fully saturated rings. The Morgan fingerprint density at radius 3 is 2.42 bits per heavy atom. The lowest BCUT2D eigenvalue weighted by atomic mass is 10.0. The molecule has 0 amide bonds. The van der Waals surface area contributed by atoms with Crippen molar-refractivity contribution in [2.24, 2.45) is 0 Å². The van der Waals surface area contributed by atoms with Gasteiger partial charge in [-0.05, 0) is 35.9 Å². The fraction of sp³-hybridized carbons (Fsp3) is 0.150. The normalized spacial score (nSPS) is 10.7. The molecule has 0 aliphatic carbocycles. The minimum absolute atomic E-state index is 0.0853. The Balaban J connectivity index is 2.05. The van der Waals surface area contributed by atoms with Crippen LogP contribution in [0.4, 0.5) is 4.39 Å². The summed E-state index contributed by atoms with van der Waals surface area (Å²) in [5, 5.41) is 15.0. The molecule has 0 saturated heterocycles. The van der Waals surface area contributed by atoms with Gasteiger partial charge in [-0.2, -0.15) is 5.10 Å². The molecular formula is C20H16FN2O3-. The first-order valence-electron chi connectivity index (χ1n) is 8.13. The average Bonchev–Trinajstić information content (AvgIpc) is 2.64. The smallest absolute Gasteiger partial charge is 0.270 e. The molecular weight excluding hydrogens is 335 g/mol. The molecule has 0 spiro atoms. The van der Waals surface area contributed by atoms with Gasteiger partial charge in [-0.1, -0.05) is 30.3 Å². The quantitative estimate of drug-likeness (QED) is 0.678. The Bertz CT molecular complexity index is 967. The summed E-state index contributed by atoms with van der Waals surface area (Å²) in [6.45, 7) is -0.0853. The molecule has 2 aromatic carbocycles. The predicted molar refractivity (Wildman–Crippen MR) is 92.8 cm³/mol. The van der Waals surface area contributed by atoms with Crippen LogP contribution in [0.3, 0.4) is 0 Å². The second kappa shape index (κ2) is 7.74. The highest BCUT2D eigenvalue weighted by Crippen LogP contribution is 2.18. The predicted octanol–water partition coefficient (Wildman–Crippen LogP) is 1.78. The number of carboxylic acid groups (broad SMARTS) is 1. The van der Waals surface area contributed by atoms with Crippen molar-refractivity contribution in [2.75, 3.05) is 0 Å². The number of aryl methyl sites for hydroxylation is 1. The zero-order valence-electron chi connectivity index (χ0n) is 13.9. The Labute approximate surface area is 149 Å². The average molecular weight is 351 g/mol. The van der Waals surface area contributed by atoms with Crippen molar-refractivity contribution < 1.29 is 14.3 Å². The van der Waals surface area contributed by atoms with E-state index in [1.54, 1.807) is 18.2 Å². The Morgan fingerprint density at radius 1 is 1.08 bits per heavy atom. The van der Waals surface area contributed by atoms with E-state index in [9.17, 15) is 19.1 Å². The van der Waals surface area contributed by atoms with Crippen LogP contribution in [0.2, 0.25) is 0 Å². The van der Waals surface area contributed by atoms with Gasteiger partial charge >= 0.3 is 0 Å². The molecule has 0 N–H and O–H groups in total. The van der Waals surface area contributed by atoms with E-state index in [4.69, 9.17) is 0 Å². The number of carbonyl (C=O) groups excluding carboxylic acids is 1. The first-order valence-corrected chi connectivity index (χ1v) is 8.13. The minimum atomic E-state index is -1.25. The van der Waals surface area contributed by atoms with Crippen LogP contribution in [0.5, 0.6) is 0 Å². The van der Waals surface area contributed by atoms with Crippen LogP contribution in [0.25, 0.3) is 11.3 Å². The topological polar surface area (TPSA) is 75.0 Å². The first-order chi connectivity index (χ1) is 12.5. The SMILES string of the molecule is O=C([O-])CCn1nc(-c2ccc(F)cc2)cc(Cc2ccccc2)c1=O. The van der Waals surface area contributed by atoms with Gasteiger partial charge in [0.1, 0.15) is 5.82 Å². The van der Waals surface area contributed by atoms with Gasteiger partial charge in [-0.15, -0.1) is 0 Å². The van der Waals surface area contributed by atoms with E-state index < -0.39 is 5.97 Å². The lowest BCUT2D eigenvalue weighted by molar-refractivity contribution is -0.306. The summed E-state index contributed by atoms with van der Waals surface area (Å²) < 4.78 is 14.3. The summed E-state index contributed by atoms with van der Waals surface area (Å²) in [4.78, 5) is 23.4. The fourth-order valence-electron chi connectivity index (χ4n) is 2.65. The number of aromatic nitrogens is 2. The third-order valence-electron chi connectivity index (χ3n) is 3.95. The highest BCUT2D eigenvalue weighted by atomic mass is 19.1. The molecule has 6 heteroatoms. The monoisotopic (exact) mass is 351 g/mol. The molecule has 0 unspecified atom stereocenters. The van der Waals surface area contributed by atoms with Gasteiger partial charge in [0.25, 0.3) is 5.56 Å². The number of benzene rings is 2. The summed E-state index contributed by atoms with van der Waals surface area (Å²) >= 11 is 0. The Hall–Kier alpha value is -3.28. The Kier molecular flexibility index (Phi) is 5.22. The molecule has 5 nitrogen and oxygen atoms in total. The van der Waals surface area contributed by atoms with Crippen molar-refractivity contribution in [1.82, 2.24) is 9.78 Å². The first kappa shape index (κ1) is 17.5. The van der Waals surface area contributed by atoms with Gasteiger partial charge in [0.2, 0.25) is 0 Å². The minimum Gasteiger partial charge on any atom is -0.550 e. The molecule has 3 aromatic rings. The third kappa shape index (κ3) is 4.22. The van der Waals surface area contributed by atoms with Crippen molar-refractivity contribution in [1.29, 1.82) is 0 Å². The summed E-state index contributed by atoms with van der Waals surface area (Å²) in [5.41, 5.74) is 2.22. The molecule has 26 heavy (non-hydrogen) atoms.